The molecule has 0 saturated heterocycles. The Hall–Kier alpha value is -4.65. The van der Waals surface area contributed by atoms with E-state index in [2.05, 4.69) is 34.5 Å². The van der Waals surface area contributed by atoms with Crippen molar-refractivity contribution in [2.45, 2.75) is 26.6 Å². The van der Waals surface area contributed by atoms with Crippen molar-refractivity contribution in [3.05, 3.63) is 83.0 Å². The molecule has 1 aromatic carbocycles. The topological polar surface area (TPSA) is 110 Å². The fourth-order valence-corrected chi connectivity index (χ4v) is 5.17. The maximum absolute atomic E-state index is 13.1. The molecular formula is C27H21F3N8OS. The van der Waals surface area contributed by atoms with Gasteiger partial charge in [0.2, 0.25) is 0 Å². The third-order valence-electron chi connectivity index (χ3n) is 6.42. The third-order valence-corrected chi connectivity index (χ3v) is 7.20. The summed E-state index contributed by atoms with van der Waals surface area (Å²) in [5.41, 5.74) is 3.85. The molecule has 0 spiro atoms. The number of nitrogens with one attached hydrogen (secondary N) is 2. The zero-order valence-corrected chi connectivity index (χ0v) is 22.1. The number of benzene rings is 1. The number of rotatable bonds is 4. The number of nitrogens with zero attached hydrogens (tertiary/aromatic N) is 6. The van der Waals surface area contributed by atoms with E-state index < -0.39 is 17.6 Å². The lowest BCUT2D eigenvalue weighted by Gasteiger charge is -2.19. The van der Waals surface area contributed by atoms with E-state index in [4.69, 9.17) is 4.98 Å². The first-order valence-corrected chi connectivity index (χ1v) is 13.0. The summed E-state index contributed by atoms with van der Waals surface area (Å²) in [5, 5.41) is 6.82. The normalized spacial score (nSPS) is 13.4. The number of fused-ring (bicyclic) bond motifs is 3. The number of pyridine rings is 2. The molecular weight excluding hydrogens is 541 g/mol. The van der Waals surface area contributed by atoms with Gasteiger partial charge >= 0.3 is 6.18 Å². The molecule has 0 fully saturated rings. The maximum atomic E-state index is 13.1. The van der Waals surface area contributed by atoms with Crippen LogP contribution in [0.2, 0.25) is 0 Å². The van der Waals surface area contributed by atoms with Crippen molar-refractivity contribution >= 4 is 33.9 Å². The molecule has 6 rings (SSSR count). The zero-order valence-electron chi connectivity index (χ0n) is 21.2. The summed E-state index contributed by atoms with van der Waals surface area (Å²) < 4.78 is 45.6. The van der Waals surface area contributed by atoms with Gasteiger partial charge in [-0.25, -0.2) is 4.98 Å². The number of halogens is 3. The summed E-state index contributed by atoms with van der Waals surface area (Å²) in [6, 6.07) is 10.7. The van der Waals surface area contributed by atoms with Gasteiger partial charge in [-0.05, 0) is 72.9 Å². The number of hydrogen-bond donors (Lipinski definition) is 2. The molecule has 40 heavy (non-hydrogen) atoms. The van der Waals surface area contributed by atoms with Gasteiger partial charge in [-0.3, -0.25) is 9.78 Å². The average molecular weight is 563 g/mol. The number of carbonyl (C=O) groups excluding carboxylic acids is 1. The second-order valence-corrected chi connectivity index (χ2v) is 10.0. The van der Waals surface area contributed by atoms with Crippen LogP contribution in [-0.4, -0.2) is 36.3 Å². The van der Waals surface area contributed by atoms with E-state index in [9.17, 15) is 18.0 Å². The van der Waals surface area contributed by atoms with Crippen LogP contribution in [0, 0.1) is 13.8 Å². The van der Waals surface area contributed by atoms with Crippen LogP contribution in [0.4, 0.5) is 29.7 Å². The molecule has 9 nitrogen and oxygen atoms in total. The van der Waals surface area contributed by atoms with Gasteiger partial charge in [0, 0.05) is 42.3 Å². The van der Waals surface area contributed by atoms with Crippen molar-refractivity contribution in [3.63, 3.8) is 0 Å². The second-order valence-electron chi connectivity index (χ2n) is 9.26. The minimum absolute atomic E-state index is 0.326. The van der Waals surface area contributed by atoms with Crippen molar-refractivity contribution in [1.29, 1.82) is 0 Å². The largest absolute Gasteiger partial charge is 0.416 e. The van der Waals surface area contributed by atoms with Crippen LogP contribution < -0.4 is 16.3 Å². The molecule has 3 aliphatic rings. The monoisotopic (exact) mass is 562 g/mol. The minimum Gasteiger partial charge on any atom is -0.369 e. The summed E-state index contributed by atoms with van der Waals surface area (Å²) >= 11 is 1.28. The second kappa shape index (κ2) is 9.83. The summed E-state index contributed by atoms with van der Waals surface area (Å²) in [7, 11) is 0. The molecule has 0 unspecified atom stereocenters. The number of carbonyl (C=O) groups is 1. The highest BCUT2D eigenvalue weighted by atomic mass is 32.1. The van der Waals surface area contributed by atoms with Crippen LogP contribution in [0.15, 0.2) is 59.9 Å². The smallest absolute Gasteiger partial charge is 0.369 e. The highest BCUT2D eigenvalue weighted by Gasteiger charge is 2.31. The molecule has 0 aliphatic carbocycles. The first-order valence-electron chi connectivity index (χ1n) is 12.2. The van der Waals surface area contributed by atoms with Gasteiger partial charge in [0.25, 0.3) is 11.5 Å². The molecule has 3 aromatic rings. The molecule has 202 valence electrons. The predicted octanol–water partition coefficient (Wildman–Crippen LogP) is 5.45. The number of alkyl halides is 3. The van der Waals surface area contributed by atoms with Gasteiger partial charge < -0.3 is 15.2 Å². The Morgan fingerprint density at radius 1 is 1.10 bits per heavy atom. The van der Waals surface area contributed by atoms with Gasteiger partial charge in [-0.15, -0.1) is 0 Å². The van der Waals surface area contributed by atoms with Crippen molar-refractivity contribution < 1.29 is 18.0 Å². The Bertz CT molecular complexity index is 1810. The number of anilines is 2. The molecule has 2 aromatic heterocycles. The van der Waals surface area contributed by atoms with Crippen molar-refractivity contribution in [2.24, 2.45) is 4.99 Å². The highest BCUT2D eigenvalue weighted by molar-refractivity contribution is 7.09. The quantitative estimate of drug-likeness (QED) is 0.302. The van der Waals surface area contributed by atoms with Crippen molar-refractivity contribution in [2.75, 3.05) is 17.2 Å². The van der Waals surface area contributed by atoms with Crippen LogP contribution >= 0.6 is 11.5 Å². The standard InChI is InChI=1S/C27H21F3N8OS/c1-14-3-4-18(34-25(39)21-11-17(5-6-31-21)27(28,29)30)12-19(14)20-10-16-13-33-26(35-22-9-15(2)37-40-22)36-23(16)38-8-7-32-24(20)38/h3-6,9-13,32H,7-8H2,1-2H3,(H,34,39)/b35-26+. The van der Waals surface area contributed by atoms with Crippen LogP contribution in [0.3, 0.4) is 0 Å². The summed E-state index contributed by atoms with van der Waals surface area (Å²) in [5.74, 6) is 0.853. The first-order chi connectivity index (χ1) is 19.2. The zero-order chi connectivity index (χ0) is 28.0. The molecule has 13 heteroatoms. The number of hydrogen-bond acceptors (Lipinski definition) is 8. The van der Waals surface area contributed by atoms with Crippen molar-refractivity contribution in [3.8, 4) is 22.5 Å². The fraction of sp³-hybridized carbons (Fsp3) is 0.185. The van der Waals surface area contributed by atoms with E-state index in [0.717, 1.165) is 62.9 Å². The van der Waals surface area contributed by atoms with Gasteiger partial charge in [0.15, 0.2) is 0 Å². The van der Waals surface area contributed by atoms with E-state index in [1.54, 1.807) is 18.3 Å². The predicted molar refractivity (Wildman–Crippen MR) is 145 cm³/mol. The van der Waals surface area contributed by atoms with Crippen LogP contribution in [-0.2, 0) is 12.7 Å². The first kappa shape index (κ1) is 25.6. The van der Waals surface area contributed by atoms with Crippen LogP contribution in [0.5, 0.6) is 0 Å². The number of amides is 1. The van der Waals surface area contributed by atoms with Crippen molar-refractivity contribution in [1.82, 2.24) is 23.9 Å². The lowest BCUT2D eigenvalue weighted by Crippen LogP contribution is -2.17. The Balaban J connectivity index is 1.37. The maximum Gasteiger partial charge on any atom is 0.416 e. The number of aromatic nitrogens is 5. The molecule has 0 bridgehead atoms. The van der Waals surface area contributed by atoms with Gasteiger partial charge in [-0.2, -0.15) is 27.5 Å². The third kappa shape index (κ3) is 4.91. The number of aryl methyl sites for hydroxylation is 2. The SMILES string of the molecule is Cc1cc(/N=c2\ncc3cc(-c4cc(NC(=O)c5cc(C(F)(F)F)ccn5)ccc4C)c4n(c-3n2)CCN4)sn1. The lowest BCUT2D eigenvalue weighted by atomic mass is 9.98. The lowest BCUT2D eigenvalue weighted by molar-refractivity contribution is -0.137. The van der Waals surface area contributed by atoms with E-state index in [0.29, 0.717) is 24.4 Å². The van der Waals surface area contributed by atoms with Crippen LogP contribution in [0.25, 0.3) is 22.5 Å². The van der Waals surface area contributed by atoms with E-state index in [1.807, 2.05) is 32.0 Å². The Labute approximate surface area is 230 Å². The Morgan fingerprint density at radius 2 is 1.95 bits per heavy atom. The molecule has 3 aliphatic heterocycles. The molecule has 5 heterocycles. The van der Waals surface area contributed by atoms with Gasteiger partial charge in [0.1, 0.15) is 22.3 Å². The minimum atomic E-state index is -4.57. The summed E-state index contributed by atoms with van der Waals surface area (Å²) in [6.45, 7) is 5.23. The highest BCUT2D eigenvalue weighted by Crippen LogP contribution is 2.39. The van der Waals surface area contributed by atoms with E-state index >= 15 is 0 Å². The Morgan fingerprint density at radius 3 is 2.73 bits per heavy atom. The fourth-order valence-electron chi connectivity index (χ4n) is 4.54. The van der Waals surface area contributed by atoms with Crippen LogP contribution in [0.1, 0.15) is 27.3 Å². The molecule has 0 atom stereocenters. The van der Waals surface area contributed by atoms with Gasteiger partial charge in [0.05, 0.1) is 11.3 Å². The van der Waals surface area contributed by atoms with Gasteiger partial charge in [-0.1, -0.05) is 6.07 Å². The van der Waals surface area contributed by atoms with E-state index in [1.165, 1.54) is 11.5 Å². The Kier molecular flexibility index (Phi) is 6.29. The average Bonchev–Trinajstić information content (AvgIpc) is 3.58. The van der Waals surface area contributed by atoms with E-state index in [-0.39, 0.29) is 5.69 Å². The molecule has 0 radical (unpaired) electrons. The molecule has 0 saturated carbocycles. The summed E-state index contributed by atoms with van der Waals surface area (Å²) in [4.78, 5) is 30.2. The molecule has 2 N–H and O–H groups in total. The molecule has 1 amide bonds. The summed E-state index contributed by atoms with van der Waals surface area (Å²) in [6.07, 6.45) is -1.88.